The maximum Gasteiger partial charge on any atom is 0.246 e. The minimum atomic E-state index is -0.434. The molecule has 7 heteroatoms. The Bertz CT molecular complexity index is 848. The molecular weight excluding hydrogens is 320 g/mol. The molecule has 0 radical (unpaired) electrons. The van der Waals surface area contributed by atoms with Gasteiger partial charge in [0.25, 0.3) is 0 Å². The van der Waals surface area contributed by atoms with Crippen LogP contribution >= 0.6 is 0 Å². The number of rotatable bonds is 7. The van der Waals surface area contributed by atoms with E-state index in [1.54, 1.807) is 12.0 Å². The smallest absolute Gasteiger partial charge is 0.246 e. The van der Waals surface area contributed by atoms with E-state index in [-0.39, 0.29) is 13.1 Å². The molecule has 0 saturated heterocycles. The molecular formula is C18H18N4O3. The Balaban J connectivity index is 1.81. The molecule has 0 spiro atoms. The van der Waals surface area contributed by atoms with Crippen LogP contribution in [0.25, 0.3) is 11.4 Å². The Morgan fingerprint density at radius 3 is 2.72 bits per heavy atom. The number of nitrogens with zero attached hydrogens (tertiary/aromatic N) is 3. The van der Waals surface area contributed by atoms with Gasteiger partial charge in [-0.25, -0.2) is 0 Å². The molecule has 0 fully saturated rings. The third-order valence-electron chi connectivity index (χ3n) is 3.59. The van der Waals surface area contributed by atoms with Gasteiger partial charge in [0.05, 0.1) is 20.2 Å². The van der Waals surface area contributed by atoms with E-state index in [0.29, 0.717) is 17.5 Å². The van der Waals surface area contributed by atoms with Gasteiger partial charge in [0.2, 0.25) is 17.6 Å². The number of nitrogens with two attached hydrogens (primary N) is 1. The van der Waals surface area contributed by atoms with Crippen molar-refractivity contribution in [3.05, 3.63) is 60.5 Å². The maximum atomic E-state index is 11.4. The summed E-state index contributed by atoms with van der Waals surface area (Å²) in [4.78, 5) is 17.6. The van der Waals surface area contributed by atoms with Crippen LogP contribution in [0.1, 0.15) is 5.89 Å². The summed E-state index contributed by atoms with van der Waals surface area (Å²) >= 11 is 0. The summed E-state index contributed by atoms with van der Waals surface area (Å²) in [5.74, 6) is 1.13. The van der Waals surface area contributed by atoms with E-state index in [9.17, 15) is 4.79 Å². The maximum absolute atomic E-state index is 11.4. The zero-order valence-electron chi connectivity index (χ0n) is 13.8. The van der Waals surface area contributed by atoms with Crippen molar-refractivity contribution in [2.45, 2.75) is 6.54 Å². The predicted molar refractivity (Wildman–Crippen MR) is 93.0 cm³/mol. The van der Waals surface area contributed by atoms with Gasteiger partial charge in [-0.15, -0.1) is 0 Å². The number of methoxy groups -OCH3 is 1. The number of benzene rings is 2. The van der Waals surface area contributed by atoms with Crippen molar-refractivity contribution in [3.8, 4) is 17.1 Å². The summed E-state index contributed by atoms with van der Waals surface area (Å²) in [6, 6.07) is 16.9. The highest BCUT2D eigenvalue weighted by atomic mass is 16.5. The SMILES string of the molecule is COc1cccc(-c2noc(CN(CC(N)=O)c3ccccc3)n2)c1. The van der Waals surface area contributed by atoms with Crippen molar-refractivity contribution in [3.63, 3.8) is 0 Å². The van der Waals surface area contributed by atoms with Crippen LogP contribution in [0.15, 0.2) is 59.1 Å². The van der Waals surface area contributed by atoms with Gasteiger partial charge in [0, 0.05) is 11.3 Å². The number of carbonyl (C=O) groups is 1. The lowest BCUT2D eigenvalue weighted by Crippen LogP contribution is -2.33. The number of aromatic nitrogens is 2. The number of para-hydroxylation sites is 1. The van der Waals surface area contributed by atoms with Gasteiger partial charge in [0.15, 0.2) is 0 Å². The first-order chi connectivity index (χ1) is 12.2. The summed E-state index contributed by atoms with van der Waals surface area (Å²) in [6.07, 6.45) is 0. The first kappa shape index (κ1) is 16.5. The van der Waals surface area contributed by atoms with Crippen molar-refractivity contribution in [2.75, 3.05) is 18.6 Å². The number of amides is 1. The van der Waals surface area contributed by atoms with E-state index >= 15 is 0 Å². The van der Waals surface area contributed by atoms with Crippen LogP contribution in [-0.2, 0) is 11.3 Å². The Morgan fingerprint density at radius 1 is 1.20 bits per heavy atom. The molecule has 1 aromatic heterocycles. The van der Waals surface area contributed by atoms with E-state index in [1.807, 2.05) is 54.6 Å². The van der Waals surface area contributed by atoms with Crippen LogP contribution in [-0.4, -0.2) is 29.7 Å². The lowest BCUT2D eigenvalue weighted by Gasteiger charge is -2.21. The largest absolute Gasteiger partial charge is 0.497 e. The molecule has 0 saturated carbocycles. The van der Waals surface area contributed by atoms with Crippen molar-refractivity contribution in [1.82, 2.24) is 10.1 Å². The van der Waals surface area contributed by atoms with Gasteiger partial charge < -0.3 is 19.9 Å². The first-order valence-electron chi connectivity index (χ1n) is 7.71. The molecule has 0 aliphatic carbocycles. The zero-order valence-corrected chi connectivity index (χ0v) is 13.8. The highest BCUT2D eigenvalue weighted by molar-refractivity contribution is 5.79. The number of ether oxygens (including phenoxy) is 1. The van der Waals surface area contributed by atoms with Crippen molar-refractivity contribution in [2.24, 2.45) is 5.73 Å². The van der Waals surface area contributed by atoms with Gasteiger partial charge in [-0.2, -0.15) is 4.98 Å². The minimum Gasteiger partial charge on any atom is -0.497 e. The van der Waals surface area contributed by atoms with E-state index in [2.05, 4.69) is 10.1 Å². The molecule has 1 amide bonds. The molecule has 3 rings (SSSR count). The second kappa shape index (κ2) is 7.48. The summed E-state index contributed by atoms with van der Waals surface area (Å²) in [7, 11) is 1.60. The summed E-state index contributed by atoms with van der Waals surface area (Å²) in [5, 5.41) is 4.00. The third-order valence-corrected chi connectivity index (χ3v) is 3.59. The number of carbonyl (C=O) groups excluding carboxylic acids is 1. The van der Waals surface area contributed by atoms with Crippen LogP contribution in [0, 0.1) is 0 Å². The van der Waals surface area contributed by atoms with Crippen LogP contribution in [0.3, 0.4) is 0 Å². The molecule has 0 unspecified atom stereocenters. The standard InChI is InChI=1S/C18H18N4O3/c1-24-15-9-5-6-13(10-15)18-20-17(25-21-18)12-22(11-16(19)23)14-7-3-2-4-8-14/h2-10H,11-12H2,1H3,(H2,19,23). The highest BCUT2D eigenvalue weighted by Crippen LogP contribution is 2.22. The zero-order chi connectivity index (χ0) is 17.6. The molecule has 2 N–H and O–H groups in total. The van der Waals surface area contributed by atoms with Crippen LogP contribution < -0.4 is 15.4 Å². The van der Waals surface area contributed by atoms with Gasteiger partial charge in [-0.05, 0) is 24.3 Å². The molecule has 7 nitrogen and oxygen atoms in total. The first-order valence-corrected chi connectivity index (χ1v) is 7.71. The predicted octanol–water partition coefficient (Wildman–Crippen LogP) is 2.24. The van der Waals surface area contributed by atoms with Gasteiger partial charge in [-0.3, -0.25) is 4.79 Å². The molecule has 2 aromatic carbocycles. The van der Waals surface area contributed by atoms with Gasteiger partial charge >= 0.3 is 0 Å². The highest BCUT2D eigenvalue weighted by Gasteiger charge is 2.15. The molecule has 0 atom stereocenters. The fourth-order valence-corrected chi connectivity index (χ4v) is 2.43. The Labute approximate surface area is 145 Å². The average molecular weight is 338 g/mol. The van der Waals surface area contributed by atoms with E-state index in [0.717, 1.165) is 11.3 Å². The molecule has 1 heterocycles. The number of hydrogen-bond donors (Lipinski definition) is 1. The molecule has 0 bridgehead atoms. The number of primary amides is 1. The monoisotopic (exact) mass is 338 g/mol. The minimum absolute atomic E-state index is 0.0564. The molecule has 25 heavy (non-hydrogen) atoms. The Kier molecular flexibility index (Phi) is 4.94. The van der Waals surface area contributed by atoms with Crippen molar-refractivity contribution >= 4 is 11.6 Å². The second-order valence-corrected chi connectivity index (χ2v) is 5.40. The normalized spacial score (nSPS) is 10.4. The van der Waals surface area contributed by atoms with E-state index < -0.39 is 5.91 Å². The molecule has 0 aliphatic rings. The summed E-state index contributed by atoms with van der Waals surface area (Å²) in [5.41, 5.74) is 6.99. The fourth-order valence-electron chi connectivity index (χ4n) is 2.43. The second-order valence-electron chi connectivity index (χ2n) is 5.40. The lowest BCUT2D eigenvalue weighted by molar-refractivity contribution is -0.116. The summed E-state index contributed by atoms with van der Waals surface area (Å²) < 4.78 is 10.5. The number of anilines is 1. The van der Waals surface area contributed by atoms with Gasteiger partial charge in [0.1, 0.15) is 5.75 Å². The summed E-state index contributed by atoms with van der Waals surface area (Å²) in [6.45, 7) is 0.338. The average Bonchev–Trinajstić information content (AvgIpc) is 3.10. The van der Waals surface area contributed by atoms with E-state index in [1.165, 1.54) is 0 Å². The Hall–Kier alpha value is -3.35. The quantitative estimate of drug-likeness (QED) is 0.710. The molecule has 3 aromatic rings. The van der Waals surface area contributed by atoms with Crippen LogP contribution in [0.5, 0.6) is 5.75 Å². The van der Waals surface area contributed by atoms with E-state index in [4.69, 9.17) is 15.0 Å². The van der Waals surface area contributed by atoms with Gasteiger partial charge in [-0.1, -0.05) is 35.5 Å². The van der Waals surface area contributed by atoms with Crippen molar-refractivity contribution < 1.29 is 14.1 Å². The molecule has 128 valence electrons. The Morgan fingerprint density at radius 2 is 2.00 bits per heavy atom. The number of hydrogen-bond acceptors (Lipinski definition) is 6. The van der Waals surface area contributed by atoms with Crippen LogP contribution in [0.2, 0.25) is 0 Å². The fraction of sp³-hybridized carbons (Fsp3) is 0.167. The van der Waals surface area contributed by atoms with Crippen molar-refractivity contribution in [1.29, 1.82) is 0 Å². The lowest BCUT2D eigenvalue weighted by atomic mass is 10.2. The third kappa shape index (κ3) is 4.14. The molecule has 0 aliphatic heterocycles. The topological polar surface area (TPSA) is 94.5 Å². The van der Waals surface area contributed by atoms with Crippen LogP contribution in [0.4, 0.5) is 5.69 Å².